The maximum Gasteiger partial charge on any atom is 0.167 e. The van der Waals surface area contributed by atoms with Crippen molar-refractivity contribution in [2.45, 2.75) is 10.7 Å². The fraction of sp³-hybridized carbons (Fsp3) is 0.133. The number of hydrogen-bond donors (Lipinski definition) is 0. The van der Waals surface area contributed by atoms with E-state index in [0.717, 1.165) is 23.4 Å². The van der Waals surface area contributed by atoms with Crippen LogP contribution in [0.15, 0.2) is 65.2 Å². The van der Waals surface area contributed by atoms with Crippen LogP contribution >= 0.6 is 15.9 Å². The monoisotopic (exact) mass is 301 g/mol. The van der Waals surface area contributed by atoms with Gasteiger partial charge in [-0.3, -0.25) is 0 Å². The molecule has 2 nitrogen and oxygen atoms in total. The number of benzene rings is 1. The maximum atomic E-state index is 5.43. The quantitative estimate of drug-likeness (QED) is 0.766. The summed E-state index contributed by atoms with van der Waals surface area (Å²) in [5, 5.41) is 4.18. The Hall–Kier alpha value is -1.61. The van der Waals surface area contributed by atoms with E-state index in [1.54, 1.807) is 0 Å². The van der Waals surface area contributed by atoms with Crippen molar-refractivity contribution in [2.24, 2.45) is 0 Å². The summed E-state index contributed by atoms with van der Waals surface area (Å²) in [7, 11) is 0. The molecule has 1 aromatic carbocycles. The largest absolute Gasteiger partial charge is 0.356 e. The van der Waals surface area contributed by atoms with E-state index in [1.807, 2.05) is 48.6 Å². The van der Waals surface area contributed by atoms with Crippen LogP contribution in [0.4, 0.5) is 0 Å². The first-order chi connectivity index (χ1) is 8.78. The molecule has 0 radical (unpaired) electrons. The summed E-state index contributed by atoms with van der Waals surface area (Å²) in [5.74, 6) is 0.798. The van der Waals surface area contributed by atoms with Crippen LogP contribution in [0, 0.1) is 0 Å². The maximum absolute atomic E-state index is 5.43. The molecule has 0 spiro atoms. The van der Waals surface area contributed by atoms with Crippen molar-refractivity contribution in [1.29, 1.82) is 0 Å². The van der Waals surface area contributed by atoms with Gasteiger partial charge in [0.15, 0.2) is 5.76 Å². The lowest BCUT2D eigenvalue weighted by molar-refractivity contribution is 0.418. The molecule has 90 valence electrons. The summed E-state index contributed by atoms with van der Waals surface area (Å²) in [5.41, 5.74) is 1.95. The molecule has 3 rings (SSSR count). The zero-order valence-corrected chi connectivity index (χ0v) is 11.3. The van der Waals surface area contributed by atoms with Crippen LogP contribution in [0.5, 0.6) is 0 Å². The lowest BCUT2D eigenvalue weighted by Crippen LogP contribution is -2.15. The van der Waals surface area contributed by atoms with E-state index in [-0.39, 0.29) is 4.32 Å². The number of hydrogen-bond acceptors (Lipinski definition) is 2. The molecule has 0 fully saturated rings. The van der Waals surface area contributed by atoms with Gasteiger partial charge in [0.25, 0.3) is 0 Å². The molecule has 1 atom stereocenters. The summed E-state index contributed by atoms with van der Waals surface area (Å²) >= 11 is 3.73. The Morgan fingerprint density at radius 1 is 1.17 bits per heavy atom. The number of halogens is 1. The topological polar surface area (TPSA) is 26.0 Å². The molecule has 2 aromatic rings. The van der Waals surface area contributed by atoms with Crippen molar-refractivity contribution >= 4 is 15.9 Å². The molecule has 1 unspecified atom stereocenters. The Kier molecular flexibility index (Phi) is 2.92. The molecular weight excluding hydrogens is 290 g/mol. The fourth-order valence-corrected chi connectivity index (χ4v) is 2.52. The van der Waals surface area contributed by atoms with E-state index >= 15 is 0 Å². The Balaban J connectivity index is 1.95. The van der Waals surface area contributed by atoms with Crippen molar-refractivity contribution in [1.82, 2.24) is 5.16 Å². The van der Waals surface area contributed by atoms with Crippen molar-refractivity contribution < 1.29 is 4.52 Å². The highest BCUT2D eigenvalue weighted by Gasteiger charge is 2.29. The Labute approximate surface area is 114 Å². The van der Waals surface area contributed by atoms with Crippen LogP contribution in [0.3, 0.4) is 0 Å². The highest BCUT2D eigenvalue weighted by atomic mass is 79.9. The SMILES string of the molecule is BrC1(c2cc(-c3ccccc3)on2)C=CC=CC1. The molecule has 0 N–H and O–H groups in total. The van der Waals surface area contributed by atoms with Crippen LogP contribution in [0.25, 0.3) is 11.3 Å². The van der Waals surface area contributed by atoms with E-state index in [0.29, 0.717) is 0 Å². The van der Waals surface area contributed by atoms with Crippen LogP contribution < -0.4 is 0 Å². The van der Waals surface area contributed by atoms with Gasteiger partial charge >= 0.3 is 0 Å². The summed E-state index contributed by atoms with van der Waals surface area (Å²) in [6.45, 7) is 0. The van der Waals surface area contributed by atoms with E-state index in [4.69, 9.17) is 4.52 Å². The number of rotatable bonds is 2. The standard InChI is InChI=1S/C15H12BrNO/c16-15(9-5-2-6-10-15)14-11-13(18-17-14)12-7-3-1-4-8-12/h1-9,11H,10H2. The van der Waals surface area contributed by atoms with Gasteiger partial charge in [0.2, 0.25) is 0 Å². The molecule has 0 saturated heterocycles. The molecule has 1 aliphatic carbocycles. The molecule has 0 amide bonds. The average Bonchev–Trinajstić information content (AvgIpc) is 2.91. The van der Waals surface area contributed by atoms with Crippen molar-refractivity contribution in [3.8, 4) is 11.3 Å². The molecular formula is C15H12BrNO. The second-order valence-electron chi connectivity index (χ2n) is 4.30. The number of alkyl halides is 1. The predicted molar refractivity (Wildman–Crippen MR) is 75.4 cm³/mol. The number of aromatic nitrogens is 1. The zero-order valence-electron chi connectivity index (χ0n) is 9.71. The summed E-state index contributed by atoms with van der Waals surface area (Å²) in [4.78, 5) is 0. The third-order valence-corrected chi connectivity index (χ3v) is 4.01. The van der Waals surface area contributed by atoms with Crippen LogP contribution in [-0.4, -0.2) is 5.16 Å². The minimum Gasteiger partial charge on any atom is -0.356 e. The predicted octanol–water partition coefficient (Wildman–Crippen LogP) is 4.45. The molecule has 0 aliphatic heterocycles. The second-order valence-corrected chi connectivity index (χ2v) is 5.71. The zero-order chi connectivity index (χ0) is 12.4. The van der Waals surface area contributed by atoms with Crippen LogP contribution in [0.1, 0.15) is 12.1 Å². The van der Waals surface area contributed by atoms with Gasteiger partial charge in [-0.05, 0) is 6.42 Å². The Morgan fingerprint density at radius 3 is 2.72 bits per heavy atom. The van der Waals surface area contributed by atoms with Gasteiger partial charge in [-0.1, -0.05) is 75.7 Å². The normalized spacial score (nSPS) is 22.3. The van der Waals surface area contributed by atoms with E-state index in [9.17, 15) is 0 Å². The van der Waals surface area contributed by atoms with Crippen molar-refractivity contribution in [2.75, 3.05) is 0 Å². The highest BCUT2D eigenvalue weighted by Crippen LogP contribution is 2.39. The minimum absolute atomic E-state index is 0.238. The van der Waals surface area contributed by atoms with Gasteiger partial charge < -0.3 is 4.52 Å². The number of nitrogens with zero attached hydrogens (tertiary/aromatic N) is 1. The molecule has 3 heteroatoms. The third-order valence-electron chi connectivity index (χ3n) is 3.02. The Bertz CT molecular complexity index is 600. The molecule has 0 bridgehead atoms. The van der Waals surface area contributed by atoms with Gasteiger partial charge in [-0.15, -0.1) is 0 Å². The van der Waals surface area contributed by atoms with Gasteiger partial charge in [0, 0.05) is 11.6 Å². The van der Waals surface area contributed by atoms with Crippen molar-refractivity contribution in [3.05, 3.63) is 66.4 Å². The first-order valence-corrected chi connectivity index (χ1v) is 6.63. The minimum atomic E-state index is -0.238. The lowest BCUT2D eigenvalue weighted by Gasteiger charge is -2.20. The van der Waals surface area contributed by atoms with E-state index < -0.39 is 0 Å². The van der Waals surface area contributed by atoms with Crippen LogP contribution in [-0.2, 0) is 4.32 Å². The fourth-order valence-electron chi connectivity index (χ4n) is 1.99. The molecule has 0 saturated carbocycles. The van der Waals surface area contributed by atoms with E-state index in [1.165, 1.54) is 0 Å². The van der Waals surface area contributed by atoms with Gasteiger partial charge in [0.1, 0.15) is 5.69 Å². The highest BCUT2D eigenvalue weighted by molar-refractivity contribution is 9.09. The second kappa shape index (κ2) is 4.58. The van der Waals surface area contributed by atoms with Gasteiger partial charge in [-0.25, -0.2) is 0 Å². The number of allylic oxidation sites excluding steroid dienone is 4. The first kappa shape index (κ1) is 11.5. The van der Waals surface area contributed by atoms with Crippen molar-refractivity contribution in [3.63, 3.8) is 0 Å². The summed E-state index contributed by atoms with van der Waals surface area (Å²) < 4.78 is 5.19. The lowest BCUT2D eigenvalue weighted by atomic mass is 9.96. The molecule has 18 heavy (non-hydrogen) atoms. The summed E-state index contributed by atoms with van der Waals surface area (Å²) in [6, 6.07) is 12.0. The van der Waals surface area contributed by atoms with Gasteiger partial charge in [-0.2, -0.15) is 0 Å². The Morgan fingerprint density at radius 2 is 2.00 bits per heavy atom. The summed E-state index contributed by atoms with van der Waals surface area (Å²) in [6.07, 6.45) is 9.16. The van der Waals surface area contributed by atoms with Crippen LogP contribution in [0.2, 0.25) is 0 Å². The average molecular weight is 302 g/mol. The molecule has 1 heterocycles. The van der Waals surface area contributed by atoms with E-state index in [2.05, 4.69) is 33.2 Å². The van der Waals surface area contributed by atoms with Gasteiger partial charge in [0.05, 0.1) is 4.32 Å². The first-order valence-electron chi connectivity index (χ1n) is 5.84. The third kappa shape index (κ3) is 2.06. The molecule has 1 aromatic heterocycles. The smallest absolute Gasteiger partial charge is 0.167 e. The molecule has 1 aliphatic rings.